The predicted octanol–water partition coefficient (Wildman–Crippen LogP) is 4.38. The molecule has 1 fully saturated rings. The summed E-state index contributed by atoms with van der Waals surface area (Å²) >= 11 is 0. The number of aliphatic hydroxyl groups is 1. The van der Waals surface area contributed by atoms with Crippen molar-refractivity contribution in [2.24, 2.45) is 0 Å². The molecule has 0 aromatic heterocycles. The van der Waals surface area contributed by atoms with Crippen LogP contribution >= 0.6 is 0 Å². The van der Waals surface area contributed by atoms with Crippen molar-refractivity contribution in [3.63, 3.8) is 0 Å². The molecule has 0 saturated carbocycles. The predicted molar refractivity (Wildman–Crippen MR) is 124 cm³/mol. The summed E-state index contributed by atoms with van der Waals surface area (Å²) in [6.07, 6.45) is 0. The van der Waals surface area contributed by atoms with Crippen LogP contribution in [0.5, 0.6) is 0 Å². The maximum absolute atomic E-state index is 13.2. The van der Waals surface area contributed by atoms with Gasteiger partial charge in [-0.1, -0.05) is 61.9 Å². The van der Waals surface area contributed by atoms with Crippen molar-refractivity contribution in [2.75, 3.05) is 26.2 Å². The molecule has 5 nitrogen and oxygen atoms in total. The summed E-state index contributed by atoms with van der Waals surface area (Å²) in [4.78, 5) is 30.1. The lowest BCUT2D eigenvalue weighted by molar-refractivity contribution is -0.140. The molecule has 1 amide bonds. The van der Waals surface area contributed by atoms with E-state index in [0.29, 0.717) is 18.7 Å². The molecule has 164 valence electrons. The van der Waals surface area contributed by atoms with E-state index in [4.69, 9.17) is 0 Å². The van der Waals surface area contributed by atoms with Gasteiger partial charge in [-0.15, -0.1) is 0 Å². The summed E-state index contributed by atoms with van der Waals surface area (Å²) in [5, 5.41) is 11.3. The number of hydrogen-bond donors (Lipinski definition) is 1. The molecule has 3 rings (SSSR count). The molecule has 1 N–H and O–H groups in total. The summed E-state index contributed by atoms with van der Waals surface area (Å²) in [7, 11) is 0. The van der Waals surface area contributed by atoms with E-state index in [1.165, 1.54) is 0 Å². The maximum atomic E-state index is 13.2. The van der Waals surface area contributed by atoms with Gasteiger partial charge in [0.2, 0.25) is 0 Å². The first-order valence-electron chi connectivity index (χ1n) is 10.9. The van der Waals surface area contributed by atoms with Crippen LogP contribution in [0.2, 0.25) is 0 Å². The summed E-state index contributed by atoms with van der Waals surface area (Å²) < 4.78 is 0. The molecule has 31 heavy (non-hydrogen) atoms. The Morgan fingerprint density at radius 1 is 1.00 bits per heavy atom. The first kappa shape index (κ1) is 22.8. The number of nitrogens with zero attached hydrogens (tertiary/aromatic N) is 2. The van der Waals surface area contributed by atoms with Gasteiger partial charge < -0.3 is 14.9 Å². The van der Waals surface area contributed by atoms with Crippen LogP contribution in [-0.2, 0) is 9.59 Å². The fourth-order valence-electron chi connectivity index (χ4n) is 4.57. The Balaban J connectivity index is 2.15. The molecule has 0 radical (unpaired) electrons. The summed E-state index contributed by atoms with van der Waals surface area (Å²) in [5.74, 6) is -1.26. The van der Waals surface area contributed by atoms with Crippen molar-refractivity contribution in [2.45, 2.75) is 40.7 Å². The van der Waals surface area contributed by atoms with Gasteiger partial charge in [-0.3, -0.25) is 9.59 Å². The number of Topliss-reactive ketones (excluding diaryl/α,β-unsaturated/α-hetero) is 1. The average Bonchev–Trinajstić information content (AvgIpc) is 2.99. The van der Waals surface area contributed by atoms with Crippen LogP contribution in [0.4, 0.5) is 0 Å². The highest BCUT2D eigenvalue weighted by Gasteiger charge is 2.46. The number of likely N-dealkylation sites (tertiary alicyclic amines) is 1. The van der Waals surface area contributed by atoms with Gasteiger partial charge in [0.15, 0.2) is 0 Å². The molecule has 5 heteroatoms. The number of rotatable bonds is 7. The fraction of sp³-hybridized carbons (Fsp3) is 0.385. The first-order chi connectivity index (χ1) is 14.8. The number of amides is 1. The van der Waals surface area contributed by atoms with E-state index in [1.807, 2.05) is 63.2 Å². The van der Waals surface area contributed by atoms with E-state index in [9.17, 15) is 14.7 Å². The van der Waals surface area contributed by atoms with Crippen LogP contribution in [0.25, 0.3) is 5.76 Å². The van der Waals surface area contributed by atoms with Crippen molar-refractivity contribution in [3.8, 4) is 0 Å². The number of carbonyl (C=O) groups excluding carboxylic acids is 2. The zero-order valence-corrected chi connectivity index (χ0v) is 19.1. The fourth-order valence-corrected chi connectivity index (χ4v) is 4.57. The van der Waals surface area contributed by atoms with Crippen LogP contribution in [-0.4, -0.2) is 52.8 Å². The van der Waals surface area contributed by atoms with Gasteiger partial charge in [0.25, 0.3) is 11.7 Å². The van der Waals surface area contributed by atoms with Crippen LogP contribution in [0.1, 0.15) is 47.7 Å². The number of aliphatic hydroxyl groups excluding tert-OH is 1. The van der Waals surface area contributed by atoms with Crippen molar-refractivity contribution in [1.29, 1.82) is 0 Å². The smallest absolute Gasteiger partial charge is 0.295 e. The van der Waals surface area contributed by atoms with E-state index in [0.717, 1.165) is 35.3 Å². The third-order valence-corrected chi connectivity index (χ3v) is 6.12. The molecule has 1 heterocycles. The van der Waals surface area contributed by atoms with Crippen LogP contribution < -0.4 is 0 Å². The van der Waals surface area contributed by atoms with E-state index < -0.39 is 17.7 Å². The first-order valence-corrected chi connectivity index (χ1v) is 10.9. The largest absolute Gasteiger partial charge is 0.507 e. The minimum absolute atomic E-state index is 0.0902. The second-order valence-corrected chi connectivity index (χ2v) is 8.20. The van der Waals surface area contributed by atoms with Crippen molar-refractivity contribution >= 4 is 17.4 Å². The van der Waals surface area contributed by atoms with Crippen molar-refractivity contribution in [3.05, 3.63) is 75.9 Å². The number of ketones is 1. The Morgan fingerprint density at radius 3 is 2.13 bits per heavy atom. The lowest BCUT2D eigenvalue weighted by Crippen LogP contribution is -2.38. The number of aryl methyl sites for hydroxylation is 3. The third-order valence-electron chi connectivity index (χ3n) is 6.12. The zero-order chi connectivity index (χ0) is 22.7. The molecule has 0 spiro atoms. The number of likely N-dealkylation sites (N-methyl/N-ethyl adjacent to an activating group) is 1. The van der Waals surface area contributed by atoms with E-state index in [2.05, 4.69) is 18.7 Å². The Labute approximate surface area is 185 Å². The molecule has 1 atom stereocenters. The number of hydrogen-bond acceptors (Lipinski definition) is 4. The molecule has 1 aliphatic rings. The van der Waals surface area contributed by atoms with Crippen LogP contribution in [0.3, 0.4) is 0 Å². The van der Waals surface area contributed by atoms with Gasteiger partial charge in [0.05, 0.1) is 11.6 Å². The van der Waals surface area contributed by atoms with E-state index in [-0.39, 0.29) is 11.3 Å². The topological polar surface area (TPSA) is 60.9 Å². The summed E-state index contributed by atoms with van der Waals surface area (Å²) in [5.41, 5.74) is 4.49. The van der Waals surface area contributed by atoms with Gasteiger partial charge in [-0.2, -0.15) is 0 Å². The Kier molecular flexibility index (Phi) is 6.96. The minimum atomic E-state index is -0.620. The lowest BCUT2D eigenvalue weighted by atomic mass is 9.91. The zero-order valence-electron chi connectivity index (χ0n) is 19.1. The molecule has 1 saturated heterocycles. The second-order valence-electron chi connectivity index (χ2n) is 8.20. The molecule has 1 aliphatic heterocycles. The standard InChI is InChI=1S/C26H32N2O3/c1-6-27(7-2)13-14-28-23(20-11-9-8-10-12-20)22(25(30)26(28)31)24(29)21-18(4)15-17(3)16-19(21)5/h8-12,15-16,23,29H,6-7,13-14H2,1-5H3/b24-22-. The normalized spacial score (nSPS) is 18.3. The Hall–Kier alpha value is -2.92. The highest BCUT2D eigenvalue weighted by atomic mass is 16.3. The van der Waals surface area contributed by atoms with Gasteiger partial charge in [0.1, 0.15) is 5.76 Å². The van der Waals surface area contributed by atoms with Crippen LogP contribution in [0.15, 0.2) is 48.0 Å². The van der Waals surface area contributed by atoms with Gasteiger partial charge >= 0.3 is 0 Å². The Morgan fingerprint density at radius 2 is 1.58 bits per heavy atom. The highest BCUT2D eigenvalue weighted by Crippen LogP contribution is 2.40. The average molecular weight is 421 g/mol. The Bertz CT molecular complexity index is 984. The third kappa shape index (κ3) is 4.42. The van der Waals surface area contributed by atoms with Gasteiger partial charge in [0, 0.05) is 18.7 Å². The van der Waals surface area contributed by atoms with E-state index in [1.54, 1.807) is 4.90 Å². The molecular formula is C26H32N2O3. The quantitative estimate of drug-likeness (QED) is 0.410. The molecule has 0 aliphatic carbocycles. The monoisotopic (exact) mass is 420 g/mol. The van der Waals surface area contributed by atoms with Crippen LogP contribution in [0, 0.1) is 20.8 Å². The molecule has 2 aromatic rings. The molecular weight excluding hydrogens is 388 g/mol. The number of benzene rings is 2. The highest BCUT2D eigenvalue weighted by molar-refractivity contribution is 6.46. The van der Waals surface area contributed by atoms with Gasteiger partial charge in [-0.25, -0.2) is 0 Å². The summed E-state index contributed by atoms with van der Waals surface area (Å²) in [6.45, 7) is 12.8. The van der Waals surface area contributed by atoms with E-state index >= 15 is 0 Å². The molecule has 1 unspecified atom stereocenters. The van der Waals surface area contributed by atoms with Gasteiger partial charge in [-0.05, 0) is 50.6 Å². The molecule has 2 aromatic carbocycles. The lowest BCUT2D eigenvalue weighted by Gasteiger charge is -2.28. The minimum Gasteiger partial charge on any atom is -0.507 e. The summed E-state index contributed by atoms with van der Waals surface area (Å²) in [6, 6.07) is 12.9. The second kappa shape index (κ2) is 9.48. The molecule has 0 bridgehead atoms. The maximum Gasteiger partial charge on any atom is 0.295 e. The van der Waals surface area contributed by atoms with Crippen molar-refractivity contribution in [1.82, 2.24) is 9.80 Å². The SMILES string of the molecule is CCN(CC)CCN1C(=O)C(=O)/C(=C(\O)c2c(C)cc(C)cc2C)C1c1ccccc1. The van der Waals surface area contributed by atoms with Crippen molar-refractivity contribution < 1.29 is 14.7 Å². The number of carbonyl (C=O) groups is 2.